The van der Waals surface area contributed by atoms with E-state index >= 15 is 0 Å². The van der Waals surface area contributed by atoms with Gasteiger partial charge in [-0.05, 0) is 30.2 Å². The van der Waals surface area contributed by atoms with Crippen LogP contribution in [-0.2, 0) is 7.05 Å². The van der Waals surface area contributed by atoms with E-state index in [1.54, 1.807) is 35.1 Å². The number of aromatic nitrogens is 4. The number of nitrogen functional groups attached to an aromatic ring is 1. The number of carbonyl (C=O) groups excluding carboxylic acids is 1. The minimum Gasteiger partial charge on any atom is -0.397 e. The Balaban J connectivity index is 1.87. The van der Waals surface area contributed by atoms with Crippen molar-refractivity contribution in [2.45, 2.75) is 19.9 Å². The van der Waals surface area contributed by atoms with Gasteiger partial charge in [-0.2, -0.15) is 5.10 Å². The summed E-state index contributed by atoms with van der Waals surface area (Å²) in [6.45, 7) is 4.06. The van der Waals surface area contributed by atoms with Gasteiger partial charge in [0.05, 0.1) is 17.4 Å². The molecule has 0 fully saturated rings. The monoisotopic (exact) mass is 350 g/mol. The minimum absolute atomic E-state index is 0.163. The molecule has 7 nitrogen and oxygen atoms in total. The average molecular weight is 350 g/mol. The van der Waals surface area contributed by atoms with E-state index in [4.69, 9.17) is 5.73 Å². The quantitative estimate of drug-likeness (QED) is 0.737. The predicted molar refractivity (Wildman–Crippen MR) is 100 cm³/mol. The molecule has 0 bridgehead atoms. The highest BCUT2D eigenvalue weighted by molar-refractivity contribution is 5.96. The number of anilines is 1. The van der Waals surface area contributed by atoms with Crippen molar-refractivity contribution in [2.24, 2.45) is 13.0 Å². The largest absolute Gasteiger partial charge is 0.397 e. The fourth-order valence-electron chi connectivity index (χ4n) is 2.81. The number of hydrogen-bond acceptors (Lipinski definition) is 5. The van der Waals surface area contributed by atoms with Crippen molar-refractivity contribution in [3.8, 4) is 11.3 Å². The van der Waals surface area contributed by atoms with Gasteiger partial charge in [-0.3, -0.25) is 14.5 Å². The Morgan fingerprint density at radius 3 is 2.65 bits per heavy atom. The molecular weight excluding hydrogens is 328 g/mol. The Morgan fingerprint density at radius 1 is 1.19 bits per heavy atom. The highest BCUT2D eigenvalue weighted by atomic mass is 16.1. The molecule has 1 amide bonds. The molecule has 1 aromatic carbocycles. The molecule has 0 aliphatic heterocycles. The van der Waals surface area contributed by atoms with Crippen LogP contribution < -0.4 is 11.1 Å². The van der Waals surface area contributed by atoms with Crippen LogP contribution in [0.25, 0.3) is 11.3 Å². The van der Waals surface area contributed by atoms with Crippen LogP contribution in [0.3, 0.4) is 0 Å². The third kappa shape index (κ3) is 3.56. The summed E-state index contributed by atoms with van der Waals surface area (Å²) in [5.74, 6) is 0.706. The van der Waals surface area contributed by atoms with Crippen molar-refractivity contribution in [1.29, 1.82) is 0 Å². The van der Waals surface area contributed by atoms with Crippen molar-refractivity contribution in [3.63, 3.8) is 0 Å². The van der Waals surface area contributed by atoms with Gasteiger partial charge in [0.15, 0.2) is 0 Å². The Labute approximate surface area is 152 Å². The Morgan fingerprint density at radius 2 is 2.00 bits per heavy atom. The first-order chi connectivity index (χ1) is 12.5. The number of amides is 1. The molecule has 7 heteroatoms. The summed E-state index contributed by atoms with van der Waals surface area (Å²) in [7, 11) is 1.81. The lowest BCUT2D eigenvalue weighted by Crippen LogP contribution is -2.33. The standard InChI is InChI=1S/C19H22N6O/c1-12(2)16(18-22-11-23-25(18)3)24-19(26)14-7-4-6-13(10-14)17-15(20)8-5-9-21-17/h4-12,16H,20H2,1-3H3,(H,24,26). The smallest absolute Gasteiger partial charge is 0.251 e. The van der Waals surface area contributed by atoms with E-state index in [2.05, 4.69) is 20.4 Å². The second-order valence-electron chi connectivity index (χ2n) is 6.46. The number of nitrogens with zero attached hydrogens (tertiary/aromatic N) is 4. The van der Waals surface area contributed by atoms with Crippen LogP contribution in [0.1, 0.15) is 36.1 Å². The van der Waals surface area contributed by atoms with E-state index in [0.29, 0.717) is 16.9 Å². The molecular formula is C19H22N6O. The zero-order valence-electron chi connectivity index (χ0n) is 15.0. The van der Waals surface area contributed by atoms with Gasteiger partial charge >= 0.3 is 0 Å². The minimum atomic E-state index is -0.237. The van der Waals surface area contributed by atoms with Gasteiger partial charge in [0.2, 0.25) is 0 Å². The van der Waals surface area contributed by atoms with Gasteiger partial charge < -0.3 is 11.1 Å². The second-order valence-corrected chi connectivity index (χ2v) is 6.46. The van der Waals surface area contributed by atoms with Gasteiger partial charge in [-0.25, -0.2) is 4.98 Å². The lowest BCUT2D eigenvalue weighted by Gasteiger charge is -2.21. The van der Waals surface area contributed by atoms with E-state index in [9.17, 15) is 4.79 Å². The topological polar surface area (TPSA) is 98.7 Å². The van der Waals surface area contributed by atoms with E-state index < -0.39 is 0 Å². The molecule has 0 spiro atoms. The Bertz CT molecular complexity index is 918. The summed E-state index contributed by atoms with van der Waals surface area (Å²) in [4.78, 5) is 21.4. The summed E-state index contributed by atoms with van der Waals surface area (Å²) >= 11 is 0. The molecule has 0 aliphatic rings. The van der Waals surface area contributed by atoms with Crippen molar-refractivity contribution in [1.82, 2.24) is 25.1 Å². The van der Waals surface area contributed by atoms with E-state index in [0.717, 1.165) is 11.4 Å². The van der Waals surface area contributed by atoms with Gasteiger partial charge in [0.1, 0.15) is 12.2 Å². The Hall–Kier alpha value is -3.22. The molecule has 134 valence electrons. The van der Waals surface area contributed by atoms with Gasteiger partial charge in [-0.1, -0.05) is 26.0 Å². The third-order valence-corrected chi connectivity index (χ3v) is 4.21. The molecule has 1 atom stereocenters. The van der Waals surface area contributed by atoms with Crippen LogP contribution in [0, 0.1) is 5.92 Å². The van der Waals surface area contributed by atoms with Crippen LogP contribution >= 0.6 is 0 Å². The third-order valence-electron chi connectivity index (χ3n) is 4.21. The molecule has 3 aromatic rings. The number of hydrogen-bond donors (Lipinski definition) is 2. The Kier molecular flexibility index (Phi) is 4.97. The zero-order valence-corrected chi connectivity index (χ0v) is 15.0. The predicted octanol–water partition coefficient (Wildman–Crippen LogP) is 2.59. The fraction of sp³-hybridized carbons (Fsp3) is 0.263. The number of aryl methyl sites for hydroxylation is 1. The first kappa shape index (κ1) is 17.6. The fourth-order valence-corrected chi connectivity index (χ4v) is 2.81. The highest BCUT2D eigenvalue weighted by Gasteiger charge is 2.23. The van der Waals surface area contributed by atoms with Crippen molar-refractivity contribution in [3.05, 3.63) is 60.3 Å². The number of nitrogens with two attached hydrogens (primary N) is 1. The van der Waals surface area contributed by atoms with Crippen LogP contribution in [0.4, 0.5) is 5.69 Å². The second kappa shape index (κ2) is 7.35. The molecule has 3 rings (SSSR count). The maximum absolute atomic E-state index is 12.8. The number of carbonyl (C=O) groups is 1. The number of rotatable bonds is 5. The van der Waals surface area contributed by atoms with Gasteiger partial charge in [0, 0.05) is 24.4 Å². The molecule has 1 unspecified atom stereocenters. The summed E-state index contributed by atoms with van der Waals surface area (Å²) in [6, 6.07) is 10.6. The van der Waals surface area contributed by atoms with Crippen molar-refractivity contribution >= 4 is 11.6 Å². The summed E-state index contributed by atoms with van der Waals surface area (Å²) in [5.41, 5.74) is 8.58. The molecule has 0 aliphatic carbocycles. The molecule has 2 heterocycles. The number of benzene rings is 1. The lowest BCUT2D eigenvalue weighted by molar-refractivity contribution is 0.0922. The van der Waals surface area contributed by atoms with Crippen molar-refractivity contribution in [2.75, 3.05) is 5.73 Å². The average Bonchev–Trinajstić information content (AvgIpc) is 3.05. The molecule has 0 saturated heterocycles. The van der Waals surface area contributed by atoms with Crippen LogP contribution in [-0.4, -0.2) is 25.7 Å². The van der Waals surface area contributed by atoms with Gasteiger partial charge in [-0.15, -0.1) is 0 Å². The number of pyridine rings is 1. The normalized spacial score (nSPS) is 12.2. The van der Waals surface area contributed by atoms with E-state index in [1.807, 2.05) is 33.0 Å². The summed E-state index contributed by atoms with van der Waals surface area (Å²) in [5, 5.41) is 7.15. The first-order valence-corrected chi connectivity index (χ1v) is 8.43. The van der Waals surface area contributed by atoms with E-state index in [-0.39, 0.29) is 17.9 Å². The molecule has 0 saturated carbocycles. The molecule has 0 radical (unpaired) electrons. The SMILES string of the molecule is CC(C)C(NC(=O)c1cccc(-c2ncccc2N)c1)c1ncnn1C. The molecule has 3 N–H and O–H groups in total. The number of nitrogens with one attached hydrogen (secondary N) is 1. The zero-order chi connectivity index (χ0) is 18.7. The summed E-state index contributed by atoms with van der Waals surface area (Å²) < 4.78 is 1.68. The van der Waals surface area contributed by atoms with E-state index in [1.165, 1.54) is 6.33 Å². The molecule has 2 aromatic heterocycles. The lowest BCUT2D eigenvalue weighted by atomic mass is 10.0. The highest BCUT2D eigenvalue weighted by Crippen LogP contribution is 2.24. The van der Waals surface area contributed by atoms with Crippen LogP contribution in [0.2, 0.25) is 0 Å². The molecule has 26 heavy (non-hydrogen) atoms. The first-order valence-electron chi connectivity index (χ1n) is 8.43. The van der Waals surface area contributed by atoms with Crippen LogP contribution in [0.5, 0.6) is 0 Å². The maximum Gasteiger partial charge on any atom is 0.251 e. The maximum atomic E-state index is 12.8. The van der Waals surface area contributed by atoms with Crippen LogP contribution in [0.15, 0.2) is 48.9 Å². The van der Waals surface area contributed by atoms with Crippen molar-refractivity contribution < 1.29 is 4.79 Å². The summed E-state index contributed by atoms with van der Waals surface area (Å²) in [6.07, 6.45) is 3.17. The van der Waals surface area contributed by atoms with Gasteiger partial charge in [0.25, 0.3) is 5.91 Å².